The third-order valence-electron chi connectivity index (χ3n) is 4.61. The molecule has 0 unspecified atom stereocenters. The van der Waals surface area contributed by atoms with E-state index >= 15 is 0 Å². The first kappa shape index (κ1) is 21.4. The molecule has 0 atom stereocenters. The van der Waals surface area contributed by atoms with Crippen LogP contribution in [0.4, 0.5) is 27.8 Å². The van der Waals surface area contributed by atoms with Crippen molar-refractivity contribution in [3.8, 4) is 28.3 Å². The van der Waals surface area contributed by atoms with Crippen molar-refractivity contribution in [3.05, 3.63) is 66.5 Å². The maximum atomic E-state index is 13.8. The summed E-state index contributed by atoms with van der Waals surface area (Å²) in [4.78, 5) is 12.7. The molecule has 0 saturated carbocycles. The molecule has 0 aliphatic rings. The molecular formula is C22H15F5N4O. The van der Waals surface area contributed by atoms with Crippen LogP contribution in [0.25, 0.3) is 33.4 Å². The van der Waals surface area contributed by atoms with E-state index in [0.29, 0.717) is 16.7 Å². The number of benzene rings is 2. The van der Waals surface area contributed by atoms with E-state index < -0.39 is 24.4 Å². The number of halogens is 5. The third kappa shape index (κ3) is 4.43. The van der Waals surface area contributed by atoms with Crippen LogP contribution in [-0.4, -0.2) is 34.8 Å². The van der Waals surface area contributed by atoms with Gasteiger partial charge in [0.15, 0.2) is 17.5 Å². The van der Waals surface area contributed by atoms with E-state index in [4.69, 9.17) is 4.74 Å². The van der Waals surface area contributed by atoms with Gasteiger partial charge in [-0.25, -0.2) is 18.7 Å². The highest BCUT2D eigenvalue weighted by molar-refractivity contribution is 5.97. The van der Waals surface area contributed by atoms with Gasteiger partial charge in [0.25, 0.3) is 0 Å². The largest absolute Gasteiger partial charge is 0.494 e. The van der Waals surface area contributed by atoms with Gasteiger partial charge in [-0.1, -0.05) is 6.07 Å². The predicted molar refractivity (Wildman–Crippen MR) is 109 cm³/mol. The molecule has 0 spiro atoms. The minimum Gasteiger partial charge on any atom is -0.494 e. The van der Waals surface area contributed by atoms with Gasteiger partial charge in [0.05, 0.1) is 7.11 Å². The Kier molecular flexibility index (Phi) is 5.60. The van der Waals surface area contributed by atoms with E-state index in [1.165, 1.54) is 25.4 Å². The molecule has 1 N–H and O–H groups in total. The molecule has 0 bridgehead atoms. The van der Waals surface area contributed by atoms with Gasteiger partial charge in [-0.2, -0.15) is 13.2 Å². The Morgan fingerprint density at radius 1 is 0.938 bits per heavy atom. The fourth-order valence-corrected chi connectivity index (χ4v) is 3.14. The van der Waals surface area contributed by atoms with Crippen LogP contribution in [0, 0.1) is 11.6 Å². The molecule has 2 aromatic carbocycles. The summed E-state index contributed by atoms with van der Waals surface area (Å²) < 4.78 is 71.3. The van der Waals surface area contributed by atoms with Gasteiger partial charge in [0.1, 0.15) is 23.6 Å². The van der Waals surface area contributed by atoms with Gasteiger partial charge in [-0.3, -0.25) is 4.98 Å². The Balaban J connectivity index is 1.95. The molecule has 0 fully saturated rings. The Bertz CT molecular complexity index is 1280. The number of aromatic nitrogens is 3. The van der Waals surface area contributed by atoms with Crippen LogP contribution in [0.2, 0.25) is 0 Å². The Hall–Kier alpha value is -3.82. The second-order valence-corrected chi connectivity index (χ2v) is 6.81. The molecule has 2 heterocycles. The number of hydrogen-bond donors (Lipinski definition) is 1. The molecule has 32 heavy (non-hydrogen) atoms. The number of fused-ring (bicyclic) bond motifs is 1. The first-order valence-electron chi connectivity index (χ1n) is 9.31. The highest BCUT2D eigenvalue weighted by atomic mass is 19.4. The smallest absolute Gasteiger partial charge is 0.405 e. The lowest BCUT2D eigenvalue weighted by Crippen LogP contribution is -2.22. The van der Waals surface area contributed by atoms with Crippen LogP contribution in [0.1, 0.15) is 0 Å². The quantitative estimate of drug-likeness (QED) is 0.403. The molecule has 0 saturated heterocycles. The molecule has 0 aliphatic heterocycles. The number of hydrogen-bond acceptors (Lipinski definition) is 5. The summed E-state index contributed by atoms with van der Waals surface area (Å²) in [5.74, 6) is -1.79. The van der Waals surface area contributed by atoms with Crippen molar-refractivity contribution < 1.29 is 26.7 Å². The monoisotopic (exact) mass is 446 g/mol. The van der Waals surface area contributed by atoms with E-state index in [0.717, 1.165) is 12.1 Å². The summed E-state index contributed by atoms with van der Waals surface area (Å²) in [5, 5.41) is 2.53. The van der Waals surface area contributed by atoms with Crippen LogP contribution >= 0.6 is 0 Å². The second kappa shape index (κ2) is 8.37. The number of alkyl halides is 3. The van der Waals surface area contributed by atoms with Crippen molar-refractivity contribution in [2.75, 3.05) is 19.0 Å². The first-order valence-corrected chi connectivity index (χ1v) is 9.31. The molecule has 4 rings (SSSR count). The summed E-state index contributed by atoms with van der Waals surface area (Å²) in [6.07, 6.45) is -1.47. The zero-order valence-corrected chi connectivity index (χ0v) is 16.5. The van der Waals surface area contributed by atoms with Crippen molar-refractivity contribution in [1.82, 2.24) is 15.0 Å². The SMILES string of the molecule is COc1cc(-c2ccc(F)c(F)c2)cc2c(NCC(F)(F)F)nc(-c3cccnc3)nc12. The Labute approximate surface area is 178 Å². The number of nitrogens with one attached hydrogen (secondary N) is 1. The highest BCUT2D eigenvalue weighted by Crippen LogP contribution is 2.36. The fourth-order valence-electron chi connectivity index (χ4n) is 3.14. The van der Waals surface area contributed by atoms with Crippen LogP contribution in [0.3, 0.4) is 0 Å². The molecule has 5 nitrogen and oxygen atoms in total. The van der Waals surface area contributed by atoms with Crippen LogP contribution in [-0.2, 0) is 0 Å². The standard InChI is InChI=1S/C22H15F5N4O/c1-32-18-9-14(12-4-5-16(23)17(24)8-12)7-15-19(18)30-20(13-3-2-6-28-10-13)31-21(15)29-11-22(25,26)27/h2-10H,11H2,1H3,(H,29,30,31). The maximum Gasteiger partial charge on any atom is 0.405 e. The van der Waals surface area contributed by atoms with Crippen LogP contribution < -0.4 is 10.1 Å². The molecule has 0 radical (unpaired) electrons. The topological polar surface area (TPSA) is 59.9 Å². The molecule has 4 aromatic rings. The molecule has 164 valence electrons. The zero-order valence-electron chi connectivity index (χ0n) is 16.5. The van der Waals surface area contributed by atoms with E-state index in [1.807, 2.05) is 0 Å². The van der Waals surface area contributed by atoms with Gasteiger partial charge in [-0.15, -0.1) is 0 Å². The third-order valence-corrected chi connectivity index (χ3v) is 4.61. The average Bonchev–Trinajstić information content (AvgIpc) is 2.78. The maximum absolute atomic E-state index is 13.8. The van der Waals surface area contributed by atoms with E-state index in [-0.39, 0.29) is 28.3 Å². The van der Waals surface area contributed by atoms with Crippen molar-refractivity contribution in [1.29, 1.82) is 0 Å². The summed E-state index contributed by atoms with van der Waals surface area (Å²) in [7, 11) is 1.37. The number of methoxy groups -OCH3 is 1. The minimum atomic E-state index is -4.49. The highest BCUT2D eigenvalue weighted by Gasteiger charge is 2.28. The van der Waals surface area contributed by atoms with E-state index in [2.05, 4.69) is 20.3 Å². The number of pyridine rings is 1. The van der Waals surface area contributed by atoms with Gasteiger partial charge < -0.3 is 10.1 Å². The van der Waals surface area contributed by atoms with Gasteiger partial charge in [0.2, 0.25) is 0 Å². The van der Waals surface area contributed by atoms with Crippen molar-refractivity contribution in [2.45, 2.75) is 6.18 Å². The molecule has 0 amide bonds. The van der Waals surface area contributed by atoms with Crippen LogP contribution in [0.15, 0.2) is 54.9 Å². The predicted octanol–water partition coefficient (Wildman–Crippen LogP) is 5.62. The second-order valence-electron chi connectivity index (χ2n) is 6.81. The van der Waals surface area contributed by atoms with Gasteiger partial charge in [-0.05, 0) is 47.5 Å². The molecule has 10 heteroatoms. The lowest BCUT2D eigenvalue weighted by molar-refractivity contribution is -0.115. The normalized spacial score (nSPS) is 11.6. The summed E-state index contributed by atoms with van der Waals surface area (Å²) in [6, 6.07) is 9.67. The van der Waals surface area contributed by atoms with Gasteiger partial charge in [0, 0.05) is 23.3 Å². The van der Waals surface area contributed by atoms with Crippen LogP contribution in [0.5, 0.6) is 5.75 Å². The summed E-state index contributed by atoms with van der Waals surface area (Å²) in [6.45, 7) is -1.33. The summed E-state index contributed by atoms with van der Waals surface area (Å²) in [5.41, 5.74) is 1.44. The molecular weight excluding hydrogens is 431 g/mol. The van der Waals surface area contributed by atoms with Gasteiger partial charge >= 0.3 is 6.18 Å². The Morgan fingerprint density at radius 3 is 2.41 bits per heavy atom. The zero-order chi connectivity index (χ0) is 22.9. The molecule has 0 aliphatic carbocycles. The van der Waals surface area contributed by atoms with E-state index in [1.54, 1.807) is 24.4 Å². The number of nitrogens with zero attached hydrogens (tertiary/aromatic N) is 3. The van der Waals surface area contributed by atoms with Crippen molar-refractivity contribution >= 4 is 16.7 Å². The number of ether oxygens (including phenoxy) is 1. The first-order chi connectivity index (χ1) is 15.2. The van der Waals surface area contributed by atoms with Crippen molar-refractivity contribution in [2.24, 2.45) is 0 Å². The average molecular weight is 446 g/mol. The molecule has 2 aromatic heterocycles. The minimum absolute atomic E-state index is 0.0890. The van der Waals surface area contributed by atoms with E-state index in [9.17, 15) is 22.0 Å². The summed E-state index contributed by atoms with van der Waals surface area (Å²) >= 11 is 0. The lowest BCUT2D eigenvalue weighted by Gasteiger charge is -2.15. The fraction of sp³-hybridized carbons (Fsp3) is 0.136. The number of rotatable bonds is 5. The van der Waals surface area contributed by atoms with Crippen molar-refractivity contribution in [3.63, 3.8) is 0 Å². The lowest BCUT2D eigenvalue weighted by atomic mass is 10.0. The number of anilines is 1. The Morgan fingerprint density at radius 2 is 1.75 bits per heavy atom.